The highest BCUT2D eigenvalue weighted by Gasteiger charge is 2.18. The van der Waals surface area contributed by atoms with Gasteiger partial charge >= 0.3 is 6.03 Å². The normalized spacial score (nSPS) is 21.1. The first-order valence-electron chi connectivity index (χ1n) is 4.65. The Hall–Kier alpha value is -1.71. The largest absolute Gasteiger partial charge is 0.399 e. The molecule has 4 heteroatoms. The minimum Gasteiger partial charge on any atom is -0.399 e. The number of anilines is 1. The van der Waals surface area contributed by atoms with Crippen LogP contribution in [-0.4, -0.2) is 12.6 Å². The van der Waals surface area contributed by atoms with E-state index in [9.17, 15) is 4.79 Å². The van der Waals surface area contributed by atoms with Gasteiger partial charge in [0, 0.05) is 12.2 Å². The van der Waals surface area contributed by atoms with Crippen molar-refractivity contribution >= 4 is 11.7 Å². The zero-order chi connectivity index (χ0) is 9.97. The lowest BCUT2D eigenvalue weighted by Gasteiger charge is -2.24. The fourth-order valence-corrected chi connectivity index (χ4v) is 1.59. The average Bonchev–Trinajstić information content (AvgIpc) is 2.19. The van der Waals surface area contributed by atoms with Gasteiger partial charge in [-0.05, 0) is 24.1 Å². The molecular formula is C10H13N3O. The minimum absolute atomic E-state index is 0.0990. The summed E-state index contributed by atoms with van der Waals surface area (Å²) < 4.78 is 0. The van der Waals surface area contributed by atoms with Crippen molar-refractivity contribution in [1.82, 2.24) is 10.6 Å². The van der Waals surface area contributed by atoms with E-state index >= 15 is 0 Å². The Morgan fingerprint density at radius 3 is 2.64 bits per heavy atom. The number of nitrogens with one attached hydrogen (secondary N) is 2. The smallest absolute Gasteiger partial charge is 0.315 e. The van der Waals surface area contributed by atoms with Crippen molar-refractivity contribution in [2.75, 3.05) is 12.3 Å². The van der Waals surface area contributed by atoms with E-state index < -0.39 is 0 Å². The Morgan fingerprint density at radius 2 is 2.00 bits per heavy atom. The SMILES string of the molecule is Nc1ccc(C2CCNC(=O)N2)cc1. The van der Waals surface area contributed by atoms with Crippen LogP contribution in [0.2, 0.25) is 0 Å². The summed E-state index contributed by atoms with van der Waals surface area (Å²) in [7, 11) is 0. The van der Waals surface area contributed by atoms with E-state index in [0.717, 1.165) is 24.2 Å². The lowest BCUT2D eigenvalue weighted by atomic mass is 10.0. The Morgan fingerprint density at radius 1 is 1.29 bits per heavy atom. The van der Waals surface area contributed by atoms with Crippen LogP contribution in [0.3, 0.4) is 0 Å². The Kier molecular flexibility index (Phi) is 2.26. The van der Waals surface area contributed by atoms with Gasteiger partial charge in [0.05, 0.1) is 6.04 Å². The number of urea groups is 1. The maximum atomic E-state index is 11.1. The van der Waals surface area contributed by atoms with Crippen molar-refractivity contribution in [3.05, 3.63) is 29.8 Å². The molecule has 0 spiro atoms. The first kappa shape index (κ1) is 8.87. The van der Waals surface area contributed by atoms with Crippen molar-refractivity contribution in [3.8, 4) is 0 Å². The summed E-state index contributed by atoms with van der Waals surface area (Å²) in [5, 5.41) is 5.58. The van der Waals surface area contributed by atoms with Gasteiger partial charge in [0.1, 0.15) is 0 Å². The van der Waals surface area contributed by atoms with Crippen LogP contribution < -0.4 is 16.4 Å². The second-order valence-corrected chi connectivity index (χ2v) is 3.41. The van der Waals surface area contributed by atoms with Crippen LogP contribution in [0.15, 0.2) is 24.3 Å². The van der Waals surface area contributed by atoms with Crippen LogP contribution in [0.5, 0.6) is 0 Å². The lowest BCUT2D eigenvalue weighted by molar-refractivity contribution is 0.229. The van der Waals surface area contributed by atoms with Gasteiger partial charge in [0.15, 0.2) is 0 Å². The molecule has 1 heterocycles. The molecule has 1 aliphatic heterocycles. The molecule has 2 amide bonds. The highest BCUT2D eigenvalue weighted by Crippen LogP contribution is 2.19. The van der Waals surface area contributed by atoms with Gasteiger partial charge in [-0.1, -0.05) is 12.1 Å². The number of nitrogens with two attached hydrogens (primary N) is 1. The highest BCUT2D eigenvalue weighted by molar-refractivity contribution is 5.75. The van der Waals surface area contributed by atoms with Crippen molar-refractivity contribution in [1.29, 1.82) is 0 Å². The third-order valence-corrected chi connectivity index (χ3v) is 2.36. The highest BCUT2D eigenvalue weighted by atomic mass is 16.2. The molecule has 1 atom stereocenters. The van der Waals surface area contributed by atoms with Gasteiger partial charge in [0.25, 0.3) is 0 Å². The van der Waals surface area contributed by atoms with Crippen molar-refractivity contribution in [3.63, 3.8) is 0 Å². The predicted octanol–water partition coefficient (Wildman–Crippen LogP) is 1.01. The van der Waals surface area contributed by atoms with E-state index in [1.165, 1.54) is 0 Å². The molecule has 4 nitrogen and oxygen atoms in total. The molecule has 1 fully saturated rings. The molecule has 14 heavy (non-hydrogen) atoms. The van der Waals surface area contributed by atoms with Gasteiger partial charge in [0.2, 0.25) is 0 Å². The Bertz CT molecular complexity index is 334. The minimum atomic E-state index is -0.0990. The molecule has 1 aromatic carbocycles. The summed E-state index contributed by atoms with van der Waals surface area (Å²) >= 11 is 0. The molecule has 4 N–H and O–H groups in total. The molecule has 1 unspecified atom stereocenters. The van der Waals surface area contributed by atoms with Gasteiger partial charge in [-0.25, -0.2) is 4.79 Å². The van der Waals surface area contributed by atoms with Gasteiger partial charge < -0.3 is 16.4 Å². The average molecular weight is 191 g/mol. The zero-order valence-electron chi connectivity index (χ0n) is 7.79. The number of hydrogen-bond acceptors (Lipinski definition) is 2. The lowest BCUT2D eigenvalue weighted by Crippen LogP contribution is -2.44. The van der Waals surface area contributed by atoms with Crippen molar-refractivity contribution in [2.45, 2.75) is 12.5 Å². The van der Waals surface area contributed by atoms with Crippen molar-refractivity contribution < 1.29 is 4.79 Å². The monoisotopic (exact) mass is 191 g/mol. The van der Waals surface area contributed by atoms with Crippen LogP contribution in [-0.2, 0) is 0 Å². The first-order valence-corrected chi connectivity index (χ1v) is 4.65. The number of carbonyl (C=O) groups is 1. The Balaban J connectivity index is 2.14. The molecular weight excluding hydrogens is 178 g/mol. The molecule has 0 aliphatic carbocycles. The van der Waals surface area contributed by atoms with Gasteiger partial charge in [-0.3, -0.25) is 0 Å². The fourth-order valence-electron chi connectivity index (χ4n) is 1.59. The van der Waals surface area contributed by atoms with E-state index in [4.69, 9.17) is 5.73 Å². The maximum Gasteiger partial charge on any atom is 0.315 e. The molecule has 0 radical (unpaired) electrons. The summed E-state index contributed by atoms with van der Waals surface area (Å²) in [5.74, 6) is 0. The molecule has 0 bridgehead atoms. The summed E-state index contributed by atoms with van der Waals surface area (Å²) in [6.07, 6.45) is 0.912. The van der Waals surface area contributed by atoms with E-state index in [-0.39, 0.29) is 12.1 Å². The van der Waals surface area contributed by atoms with Crippen LogP contribution in [0.4, 0.5) is 10.5 Å². The molecule has 1 aliphatic rings. The predicted molar refractivity (Wildman–Crippen MR) is 54.7 cm³/mol. The quantitative estimate of drug-likeness (QED) is 0.580. The summed E-state index contributed by atoms with van der Waals surface area (Å²) in [4.78, 5) is 11.1. The summed E-state index contributed by atoms with van der Waals surface area (Å²) in [5.41, 5.74) is 7.43. The summed E-state index contributed by atoms with van der Waals surface area (Å²) in [6.45, 7) is 0.723. The number of benzene rings is 1. The van der Waals surface area contributed by atoms with Crippen LogP contribution in [0.1, 0.15) is 18.0 Å². The molecule has 1 aromatic rings. The van der Waals surface area contributed by atoms with Crippen LogP contribution in [0.25, 0.3) is 0 Å². The zero-order valence-corrected chi connectivity index (χ0v) is 7.79. The fraction of sp³-hybridized carbons (Fsp3) is 0.300. The third-order valence-electron chi connectivity index (χ3n) is 2.36. The molecule has 0 aromatic heterocycles. The first-order chi connectivity index (χ1) is 6.75. The topological polar surface area (TPSA) is 67.1 Å². The molecule has 74 valence electrons. The molecule has 0 saturated carbocycles. The van der Waals surface area contributed by atoms with E-state index in [0.29, 0.717) is 0 Å². The Labute approximate surface area is 82.5 Å². The van der Waals surface area contributed by atoms with E-state index in [2.05, 4.69) is 10.6 Å². The van der Waals surface area contributed by atoms with Gasteiger partial charge in [-0.2, -0.15) is 0 Å². The number of amides is 2. The summed E-state index contributed by atoms with van der Waals surface area (Å²) in [6, 6.07) is 7.62. The second-order valence-electron chi connectivity index (χ2n) is 3.41. The maximum absolute atomic E-state index is 11.1. The van der Waals surface area contributed by atoms with Crippen LogP contribution in [0, 0.1) is 0 Å². The number of rotatable bonds is 1. The third kappa shape index (κ3) is 1.79. The number of nitrogen functional groups attached to an aromatic ring is 1. The van der Waals surface area contributed by atoms with Crippen LogP contribution >= 0.6 is 0 Å². The van der Waals surface area contributed by atoms with E-state index in [1.807, 2.05) is 24.3 Å². The molecule has 2 rings (SSSR count). The number of hydrogen-bond donors (Lipinski definition) is 3. The second kappa shape index (κ2) is 3.57. The standard InChI is InChI=1S/C10H13N3O/c11-8-3-1-7(2-4-8)9-5-6-12-10(14)13-9/h1-4,9H,5-6,11H2,(H2,12,13,14). The van der Waals surface area contributed by atoms with E-state index in [1.54, 1.807) is 0 Å². The number of carbonyl (C=O) groups excluding carboxylic acids is 1. The van der Waals surface area contributed by atoms with Crippen molar-refractivity contribution in [2.24, 2.45) is 0 Å². The molecule has 1 saturated heterocycles. The van der Waals surface area contributed by atoms with Gasteiger partial charge in [-0.15, -0.1) is 0 Å².